The summed E-state index contributed by atoms with van der Waals surface area (Å²) in [6.45, 7) is 10.6. The standard InChI is InChI=1S/C19H39NO3/c1-5-8-11-12-13-18(21)16-20(14-9-6-2,15-10-7-3)17(4)19(22)23/h17-18,21H,5-16H2,1-4H3/p+1. The summed E-state index contributed by atoms with van der Waals surface area (Å²) >= 11 is 0. The third-order valence-corrected chi connectivity index (χ3v) is 5.06. The fourth-order valence-electron chi connectivity index (χ4n) is 3.34. The van der Waals surface area contributed by atoms with Gasteiger partial charge in [-0.15, -0.1) is 0 Å². The minimum absolute atomic E-state index is 0.387. The van der Waals surface area contributed by atoms with E-state index in [1.807, 2.05) is 6.92 Å². The lowest BCUT2D eigenvalue weighted by molar-refractivity contribution is -0.944. The highest BCUT2D eigenvalue weighted by Gasteiger charge is 2.39. The number of hydrogen-bond donors (Lipinski definition) is 2. The molecule has 0 amide bonds. The van der Waals surface area contributed by atoms with Crippen LogP contribution in [0, 0.1) is 0 Å². The Bertz CT molecular complexity index is 299. The number of nitrogens with zero attached hydrogens (tertiary/aromatic N) is 1. The number of aliphatic carboxylic acids is 1. The van der Waals surface area contributed by atoms with Crippen molar-refractivity contribution in [3.8, 4) is 0 Å². The van der Waals surface area contributed by atoms with E-state index in [9.17, 15) is 15.0 Å². The zero-order valence-corrected chi connectivity index (χ0v) is 15.9. The van der Waals surface area contributed by atoms with Gasteiger partial charge in [0.2, 0.25) is 0 Å². The zero-order valence-electron chi connectivity index (χ0n) is 15.9. The normalized spacial score (nSPS) is 14.7. The minimum Gasteiger partial charge on any atom is -0.477 e. The molecule has 0 saturated carbocycles. The molecule has 2 unspecified atom stereocenters. The second-order valence-corrected chi connectivity index (χ2v) is 7.07. The number of aliphatic hydroxyl groups excluding tert-OH is 1. The molecule has 0 aliphatic heterocycles. The maximum atomic E-state index is 11.7. The summed E-state index contributed by atoms with van der Waals surface area (Å²) < 4.78 is 0.534. The Morgan fingerprint density at radius 2 is 1.43 bits per heavy atom. The Labute approximate surface area is 143 Å². The quantitative estimate of drug-likeness (QED) is 0.349. The largest absolute Gasteiger partial charge is 0.477 e. The van der Waals surface area contributed by atoms with Crippen LogP contribution >= 0.6 is 0 Å². The Balaban J connectivity index is 4.92. The molecule has 4 heteroatoms. The molecular weight excluding hydrogens is 290 g/mol. The summed E-state index contributed by atoms with van der Waals surface area (Å²) in [6, 6.07) is -0.446. The van der Waals surface area contributed by atoms with Gasteiger partial charge in [0.15, 0.2) is 6.04 Å². The van der Waals surface area contributed by atoms with Crippen LogP contribution in [0.15, 0.2) is 0 Å². The first-order valence-electron chi connectivity index (χ1n) is 9.70. The summed E-state index contributed by atoms with van der Waals surface area (Å²) in [4.78, 5) is 11.7. The maximum absolute atomic E-state index is 11.7. The molecule has 4 nitrogen and oxygen atoms in total. The molecule has 0 saturated heterocycles. The predicted molar refractivity (Wildman–Crippen MR) is 96.5 cm³/mol. The number of carboxylic acid groups (broad SMARTS) is 1. The van der Waals surface area contributed by atoms with Crippen LogP contribution < -0.4 is 0 Å². The SMILES string of the molecule is CCCCCCC(O)C[N+](CCCC)(CCCC)C(C)C(=O)O. The number of carboxylic acids is 1. The van der Waals surface area contributed by atoms with E-state index in [4.69, 9.17) is 0 Å². The molecule has 0 aromatic carbocycles. The van der Waals surface area contributed by atoms with Gasteiger partial charge in [-0.25, -0.2) is 4.79 Å². The number of carbonyl (C=O) groups is 1. The average molecular weight is 331 g/mol. The van der Waals surface area contributed by atoms with Crippen LogP contribution in [-0.4, -0.2) is 52.4 Å². The molecule has 0 bridgehead atoms. The van der Waals surface area contributed by atoms with Crippen molar-refractivity contribution in [1.29, 1.82) is 0 Å². The van der Waals surface area contributed by atoms with Crippen molar-refractivity contribution in [3.05, 3.63) is 0 Å². The van der Waals surface area contributed by atoms with Crippen molar-refractivity contribution in [2.45, 2.75) is 97.6 Å². The monoisotopic (exact) mass is 330 g/mol. The number of hydrogen-bond acceptors (Lipinski definition) is 2. The summed E-state index contributed by atoms with van der Waals surface area (Å²) in [5.74, 6) is -0.740. The Hall–Kier alpha value is -0.610. The molecule has 0 radical (unpaired) electrons. The van der Waals surface area contributed by atoms with E-state index >= 15 is 0 Å². The molecule has 0 fully saturated rings. The van der Waals surface area contributed by atoms with E-state index < -0.39 is 12.0 Å². The fourth-order valence-corrected chi connectivity index (χ4v) is 3.34. The topological polar surface area (TPSA) is 57.5 Å². The Morgan fingerprint density at radius 1 is 0.913 bits per heavy atom. The van der Waals surface area contributed by atoms with Gasteiger partial charge < -0.3 is 14.7 Å². The van der Waals surface area contributed by atoms with Gasteiger partial charge in [-0.05, 0) is 26.2 Å². The van der Waals surface area contributed by atoms with Crippen molar-refractivity contribution in [3.63, 3.8) is 0 Å². The molecule has 0 rings (SSSR count). The number of rotatable bonds is 15. The molecule has 0 aromatic heterocycles. The summed E-state index contributed by atoms with van der Waals surface area (Å²) in [5, 5.41) is 20.1. The van der Waals surface area contributed by atoms with Crippen molar-refractivity contribution in [2.75, 3.05) is 19.6 Å². The smallest absolute Gasteiger partial charge is 0.362 e. The summed E-state index contributed by atoms with van der Waals surface area (Å²) in [5.41, 5.74) is 0. The summed E-state index contributed by atoms with van der Waals surface area (Å²) in [6.07, 6.45) is 9.17. The van der Waals surface area contributed by atoms with E-state index in [1.165, 1.54) is 12.8 Å². The lowest BCUT2D eigenvalue weighted by atomic mass is 10.0. The van der Waals surface area contributed by atoms with Crippen molar-refractivity contribution in [2.24, 2.45) is 0 Å². The first-order chi connectivity index (χ1) is 10.9. The molecule has 138 valence electrons. The van der Waals surface area contributed by atoms with Crippen LogP contribution in [0.25, 0.3) is 0 Å². The Kier molecular flexibility index (Phi) is 12.4. The van der Waals surface area contributed by atoms with Crippen LogP contribution in [0.1, 0.15) is 85.5 Å². The molecule has 0 aliphatic carbocycles. The third-order valence-electron chi connectivity index (χ3n) is 5.06. The van der Waals surface area contributed by atoms with E-state index in [-0.39, 0.29) is 6.10 Å². The van der Waals surface area contributed by atoms with E-state index in [0.29, 0.717) is 11.0 Å². The molecule has 2 N–H and O–H groups in total. The van der Waals surface area contributed by atoms with Gasteiger partial charge in [0, 0.05) is 0 Å². The van der Waals surface area contributed by atoms with Gasteiger partial charge in [-0.2, -0.15) is 0 Å². The highest BCUT2D eigenvalue weighted by molar-refractivity contribution is 5.71. The molecule has 0 aliphatic rings. The molecule has 23 heavy (non-hydrogen) atoms. The van der Waals surface area contributed by atoms with Crippen molar-refractivity contribution in [1.82, 2.24) is 0 Å². The van der Waals surface area contributed by atoms with Gasteiger partial charge in [0.05, 0.1) is 13.1 Å². The number of aliphatic hydroxyl groups is 1. The van der Waals surface area contributed by atoms with Gasteiger partial charge in [0.25, 0.3) is 0 Å². The molecule has 0 heterocycles. The second kappa shape index (κ2) is 12.8. The van der Waals surface area contributed by atoms with Gasteiger partial charge in [0.1, 0.15) is 12.6 Å². The Morgan fingerprint density at radius 3 is 1.87 bits per heavy atom. The highest BCUT2D eigenvalue weighted by Crippen LogP contribution is 2.21. The molecular formula is C19H40NO3+. The molecule has 2 atom stereocenters. The van der Waals surface area contributed by atoms with E-state index in [0.717, 1.165) is 58.0 Å². The van der Waals surface area contributed by atoms with Crippen molar-refractivity contribution < 1.29 is 19.5 Å². The van der Waals surface area contributed by atoms with Crippen LogP contribution in [-0.2, 0) is 4.79 Å². The highest BCUT2D eigenvalue weighted by atomic mass is 16.4. The van der Waals surface area contributed by atoms with Crippen LogP contribution in [0.5, 0.6) is 0 Å². The van der Waals surface area contributed by atoms with E-state index in [1.54, 1.807) is 0 Å². The average Bonchev–Trinajstić information content (AvgIpc) is 2.53. The maximum Gasteiger partial charge on any atom is 0.362 e. The zero-order chi connectivity index (χ0) is 17.7. The molecule has 0 aromatic rings. The lowest BCUT2D eigenvalue weighted by Gasteiger charge is -2.43. The van der Waals surface area contributed by atoms with Crippen molar-refractivity contribution >= 4 is 5.97 Å². The van der Waals surface area contributed by atoms with E-state index in [2.05, 4.69) is 20.8 Å². The van der Waals surface area contributed by atoms with Gasteiger partial charge >= 0.3 is 5.97 Å². The number of unbranched alkanes of at least 4 members (excludes halogenated alkanes) is 5. The lowest BCUT2D eigenvalue weighted by Crippen LogP contribution is -2.61. The first kappa shape index (κ1) is 22.4. The minimum atomic E-state index is -0.740. The van der Waals surface area contributed by atoms with Gasteiger partial charge in [-0.3, -0.25) is 0 Å². The fraction of sp³-hybridized carbons (Fsp3) is 0.947. The summed E-state index contributed by atoms with van der Waals surface area (Å²) in [7, 11) is 0. The first-order valence-corrected chi connectivity index (χ1v) is 9.70. The second-order valence-electron chi connectivity index (χ2n) is 7.07. The number of quaternary nitrogens is 1. The van der Waals surface area contributed by atoms with Crippen LogP contribution in [0.4, 0.5) is 0 Å². The van der Waals surface area contributed by atoms with Crippen LogP contribution in [0.3, 0.4) is 0 Å². The van der Waals surface area contributed by atoms with Crippen LogP contribution in [0.2, 0.25) is 0 Å². The molecule has 0 spiro atoms. The third kappa shape index (κ3) is 8.71. The van der Waals surface area contributed by atoms with Gasteiger partial charge in [-0.1, -0.05) is 59.3 Å². The predicted octanol–water partition coefficient (Wildman–Crippen LogP) is 4.21.